The second-order valence-corrected chi connectivity index (χ2v) is 8.90. The number of para-hydroxylation sites is 1. The summed E-state index contributed by atoms with van der Waals surface area (Å²) in [6.45, 7) is 1.82. The molecule has 8 heteroatoms. The molecule has 3 heterocycles. The Morgan fingerprint density at radius 2 is 1.41 bits per heavy atom. The number of fused-ring (bicyclic) bond motifs is 1. The maximum Gasteiger partial charge on any atom is 0.272 e. The number of benzene rings is 3. The number of anilines is 1. The molecule has 6 nitrogen and oxygen atoms in total. The fourth-order valence-corrected chi connectivity index (χ4v) is 4.70. The van der Waals surface area contributed by atoms with Crippen molar-refractivity contribution in [2.45, 2.75) is 0 Å². The second kappa shape index (κ2) is 9.46. The van der Waals surface area contributed by atoms with Gasteiger partial charge in [-0.05, 0) is 30.3 Å². The lowest BCUT2D eigenvalue weighted by Crippen LogP contribution is -2.49. The van der Waals surface area contributed by atoms with Crippen LogP contribution in [0.15, 0.2) is 91.0 Å². The molecule has 6 rings (SSSR count). The molecular formula is C29H23F2N5O. The van der Waals surface area contributed by atoms with Crippen molar-refractivity contribution < 1.29 is 13.6 Å². The number of piperazine rings is 1. The Morgan fingerprint density at radius 1 is 0.730 bits per heavy atom. The van der Waals surface area contributed by atoms with Crippen molar-refractivity contribution in [2.75, 3.05) is 31.1 Å². The Labute approximate surface area is 212 Å². The van der Waals surface area contributed by atoms with Gasteiger partial charge in [-0.25, -0.2) is 18.3 Å². The summed E-state index contributed by atoms with van der Waals surface area (Å²) in [6, 6.07) is 26.0. The van der Waals surface area contributed by atoms with Gasteiger partial charge in [-0.2, -0.15) is 5.10 Å². The molecule has 0 atom stereocenters. The van der Waals surface area contributed by atoms with E-state index in [1.54, 1.807) is 53.4 Å². The average molecular weight is 496 g/mol. The molecule has 0 unspecified atom stereocenters. The summed E-state index contributed by atoms with van der Waals surface area (Å²) in [5.41, 5.74) is 3.50. The quantitative estimate of drug-likeness (QED) is 0.339. The van der Waals surface area contributed by atoms with Gasteiger partial charge in [0.1, 0.15) is 17.3 Å². The molecule has 1 amide bonds. The lowest BCUT2D eigenvalue weighted by atomic mass is 10.1. The minimum absolute atomic E-state index is 0.235. The normalized spacial score (nSPS) is 13.8. The van der Waals surface area contributed by atoms with Crippen LogP contribution in [-0.4, -0.2) is 51.6 Å². The van der Waals surface area contributed by atoms with Crippen LogP contribution in [0.2, 0.25) is 0 Å². The number of halogens is 2. The second-order valence-electron chi connectivity index (χ2n) is 8.90. The van der Waals surface area contributed by atoms with Gasteiger partial charge in [0.25, 0.3) is 5.91 Å². The van der Waals surface area contributed by atoms with Crippen LogP contribution in [0.4, 0.5) is 14.5 Å². The molecule has 1 saturated heterocycles. The minimum atomic E-state index is -0.418. The molecule has 0 N–H and O–H groups in total. The first-order valence-electron chi connectivity index (χ1n) is 12.1. The van der Waals surface area contributed by atoms with Crippen LogP contribution in [0.5, 0.6) is 0 Å². The number of carbonyl (C=O) groups is 1. The predicted molar refractivity (Wildman–Crippen MR) is 138 cm³/mol. The van der Waals surface area contributed by atoms with Crippen molar-refractivity contribution in [3.05, 3.63) is 108 Å². The van der Waals surface area contributed by atoms with E-state index in [1.807, 2.05) is 35.2 Å². The van der Waals surface area contributed by atoms with Gasteiger partial charge in [-0.3, -0.25) is 4.79 Å². The van der Waals surface area contributed by atoms with E-state index in [4.69, 9.17) is 0 Å². The maximum absolute atomic E-state index is 14.7. The molecule has 184 valence electrons. The van der Waals surface area contributed by atoms with E-state index in [0.717, 1.165) is 5.56 Å². The molecule has 37 heavy (non-hydrogen) atoms. The molecule has 0 bridgehead atoms. The van der Waals surface area contributed by atoms with E-state index < -0.39 is 5.82 Å². The Balaban J connectivity index is 1.38. The van der Waals surface area contributed by atoms with Gasteiger partial charge >= 0.3 is 0 Å². The average Bonchev–Trinajstić information content (AvgIpc) is 3.38. The Kier molecular flexibility index (Phi) is 5.84. The summed E-state index contributed by atoms with van der Waals surface area (Å²) in [5.74, 6) is -0.933. The van der Waals surface area contributed by atoms with Gasteiger partial charge in [0.05, 0.1) is 17.1 Å². The summed E-state index contributed by atoms with van der Waals surface area (Å²) >= 11 is 0. The van der Waals surface area contributed by atoms with Gasteiger partial charge in [-0.1, -0.05) is 54.6 Å². The minimum Gasteiger partial charge on any atom is -0.366 e. The van der Waals surface area contributed by atoms with Crippen molar-refractivity contribution in [1.82, 2.24) is 19.5 Å². The summed E-state index contributed by atoms with van der Waals surface area (Å²) in [7, 11) is 0. The number of rotatable bonds is 4. The number of aromatic nitrogens is 3. The lowest BCUT2D eigenvalue weighted by Gasteiger charge is -2.36. The first kappa shape index (κ1) is 22.8. The van der Waals surface area contributed by atoms with Crippen molar-refractivity contribution in [3.63, 3.8) is 0 Å². The molecule has 1 aliphatic heterocycles. The van der Waals surface area contributed by atoms with E-state index in [0.29, 0.717) is 60.2 Å². The largest absolute Gasteiger partial charge is 0.366 e. The topological polar surface area (TPSA) is 53.7 Å². The van der Waals surface area contributed by atoms with Crippen LogP contribution in [0.3, 0.4) is 0 Å². The molecule has 3 aromatic carbocycles. The third-order valence-electron chi connectivity index (χ3n) is 6.63. The van der Waals surface area contributed by atoms with E-state index in [1.165, 1.54) is 16.6 Å². The van der Waals surface area contributed by atoms with Crippen LogP contribution in [0, 0.1) is 11.6 Å². The summed E-state index contributed by atoms with van der Waals surface area (Å²) in [6.07, 6.45) is 0. The van der Waals surface area contributed by atoms with E-state index >= 15 is 0 Å². The van der Waals surface area contributed by atoms with Crippen LogP contribution in [0.25, 0.3) is 28.2 Å². The van der Waals surface area contributed by atoms with Crippen molar-refractivity contribution in [3.8, 4) is 22.5 Å². The van der Waals surface area contributed by atoms with Crippen molar-refractivity contribution in [1.29, 1.82) is 0 Å². The molecule has 0 aliphatic carbocycles. The number of carbonyl (C=O) groups excluding carboxylic acids is 1. The highest BCUT2D eigenvalue weighted by Gasteiger charge is 2.27. The van der Waals surface area contributed by atoms with Crippen molar-refractivity contribution in [2.24, 2.45) is 0 Å². The first-order valence-corrected chi connectivity index (χ1v) is 12.1. The van der Waals surface area contributed by atoms with Gasteiger partial charge in [-0.15, -0.1) is 0 Å². The first-order chi connectivity index (χ1) is 18.1. The number of nitrogens with zero attached hydrogens (tertiary/aromatic N) is 5. The van der Waals surface area contributed by atoms with Crippen LogP contribution < -0.4 is 4.90 Å². The van der Waals surface area contributed by atoms with Crippen molar-refractivity contribution >= 4 is 17.2 Å². The van der Waals surface area contributed by atoms with E-state index in [9.17, 15) is 13.6 Å². The molecule has 0 saturated carbocycles. The van der Waals surface area contributed by atoms with E-state index in [2.05, 4.69) is 10.1 Å². The number of amides is 1. The standard InChI is InChI=1S/C29H23F2N5O/c30-22-11-5-4-10-21(22)25-18-27(36-28(32-25)19-24(33-36)20-8-2-1-3-9-20)29(37)35-16-14-34(15-17-35)26-13-7-6-12-23(26)31/h1-13,18-19H,14-17H2. The Bertz CT molecular complexity index is 1590. The van der Waals surface area contributed by atoms with Crippen LogP contribution >= 0.6 is 0 Å². The van der Waals surface area contributed by atoms with Gasteiger partial charge < -0.3 is 9.80 Å². The molecule has 2 aromatic heterocycles. The Morgan fingerprint density at radius 3 is 2.14 bits per heavy atom. The molecule has 1 fully saturated rings. The molecule has 0 radical (unpaired) electrons. The Hall–Kier alpha value is -4.59. The summed E-state index contributed by atoms with van der Waals surface area (Å²) < 4.78 is 30.5. The predicted octanol–water partition coefficient (Wildman–Crippen LogP) is 5.30. The third-order valence-corrected chi connectivity index (χ3v) is 6.63. The maximum atomic E-state index is 14.7. The smallest absolute Gasteiger partial charge is 0.272 e. The molecule has 5 aromatic rings. The number of hydrogen-bond donors (Lipinski definition) is 0. The SMILES string of the molecule is O=C(c1cc(-c2ccccc2F)nc2cc(-c3ccccc3)nn12)N1CCN(c2ccccc2F)CC1. The van der Waals surface area contributed by atoms with Gasteiger partial charge in [0.2, 0.25) is 0 Å². The van der Waals surface area contributed by atoms with Crippen LogP contribution in [-0.2, 0) is 0 Å². The zero-order valence-electron chi connectivity index (χ0n) is 19.9. The molecule has 0 spiro atoms. The lowest BCUT2D eigenvalue weighted by molar-refractivity contribution is 0.0737. The fourth-order valence-electron chi connectivity index (χ4n) is 4.70. The van der Waals surface area contributed by atoms with Gasteiger partial charge in [0, 0.05) is 43.4 Å². The van der Waals surface area contributed by atoms with Gasteiger partial charge in [0.15, 0.2) is 5.65 Å². The number of hydrogen-bond acceptors (Lipinski definition) is 4. The fraction of sp³-hybridized carbons (Fsp3) is 0.138. The highest BCUT2D eigenvalue weighted by Crippen LogP contribution is 2.27. The highest BCUT2D eigenvalue weighted by atomic mass is 19.1. The molecular weight excluding hydrogens is 472 g/mol. The monoisotopic (exact) mass is 495 g/mol. The third kappa shape index (κ3) is 4.31. The summed E-state index contributed by atoms with van der Waals surface area (Å²) in [5, 5.41) is 4.68. The van der Waals surface area contributed by atoms with Crippen LogP contribution in [0.1, 0.15) is 10.5 Å². The zero-order valence-corrected chi connectivity index (χ0v) is 19.9. The molecule has 1 aliphatic rings. The highest BCUT2D eigenvalue weighted by molar-refractivity contribution is 5.94. The van der Waals surface area contributed by atoms with E-state index in [-0.39, 0.29) is 11.7 Å². The summed E-state index contributed by atoms with van der Waals surface area (Å²) in [4.78, 5) is 22.1. The zero-order chi connectivity index (χ0) is 25.4.